The first-order valence-electron chi connectivity index (χ1n) is 7.32. The number of carbonyl (C=O) groups excluding carboxylic acids is 2. The first-order chi connectivity index (χ1) is 10.6. The van der Waals surface area contributed by atoms with Crippen molar-refractivity contribution in [1.82, 2.24) is 14.8 Å². The van der Waals surface area contributed by atoms with E-state index >= 15 is 0 Å². The number of hydrogen-bond donors (Lipinski definition) is 1. The van der Waals surface area contributed by atoms with Crippen LogP contribution in [0.3, 0.4) is 0 Å². The van der Waals surface area contributed by atoms with E-state index in [9.17, 15) is 9.59 Å². The maximum absolute atomic E-state index is 12.4. The first kappa shape index (κ1) is 14.4. The van der Waals surface area contributed by atoms with Crippen molar-refractivity contribution in [3.05, 3.63) is 59.4 Å². The third-order valence-corrected chi connectivity index (χ3v) is 4.06. The summed E-state index contributed by atoms with van der Waals surface area (Å²) >= 11 is 0. The lowest BCUT2D eigenvalue weighted by atomic mass is 10.1. The predicted octanol–water partition coefficient (Wildman–Crippen LogP) is 1.57. The predicted molar refractivity (Wildman–Crippen MR) is 83.3 cm³/mol. The number of nitrogens with zero attached hydrogens (tertiary/aromatic N) is 2. The summed E-state index contributed by atoms with van der Waals surface area (Å²) in [4.78, 5) is 26.2. The van der Waals surface area contributed by atoms with E-state index in [2.05, 4.69) is 5.32 Å². The van der Waals surface area contributed by atoms with E-state index in [0.717, 1.165) is 11.1 Å². The van der Waals surface area contributed by atoms with E-state index in [1.54, 1.807) is 13.1 Å². The first-order valence-corrected chi connectivity index (χ1v) is 7.32. The van der Waals surface area contributed by atoms with Gasteiger partial charge in [-0.05, 0) is 24.6 Å². The summed E-state index contributed by atoms with van der Waals surface area (Å²) in [5.41, 5.74) is 2.85. The van der Waals surface area contributed by atoms with Crippen molar-refractivity contribution in [2.24, 2.45) is 0 Å². The van der Waals surface area contributed by atoms with Gasteiger partial charge in [0, 0.05) is 19.8 Å². The van der Waals surface area contributed by atoms with E-state index in [0.29, 0.717) is 18.8 Å². The van der Waals surface area contributed by atoms with Gasteiger partial charge in [0.05, 0.1) is 6.54 Å². The summed E-state index contributed by atoms with van der Waals surface area (Å²) in [6.45, 7) is 2.98. The van der Waals surface area contributed by atoms with E-state index in [1.807, 2.05) is 48.0 Å². The Morgan fingerprint density at radius 2 is 2.14 bits per heavy atom. The van der Waals surface area contributed by atoms with Crippen molar-refractivity contribution >= 4 is 11.8 Å². The third kappa shape index (κ3) is 2.62. The number of fused-ring (bicyclic) bond motifs is 1. The molecule has 0 radical (unpaired) electrons. The smallest absolute Gasteiger partial charge is 0.270 e. The highest BCUT2D eigenvalue weighted by atomic mass is 16.2. The van der Waals surface area contributed by atoms with Gasteiger partial charge in [0.15, 0.2) is 0 Å². The second kappa shape index (κ2) is 5.67. The molecule has 2 heterocycles. The summed E-state index contributed by atoms with van der Waals surface area (Å²) in [6, 6.07) is 11.1. The number of nitrogens with one attached hydrogen (secondary N) is 1. The minimum Gasteiger partial charge on any atom is -0.350 e. The van der Waals surface area contributed by atoms with Gasteiger partial charge in [0.1, 0.15) is 11.7 Å². The van der Waals surface area contributed by atoms with E-state index in [-0.39, 0.29) is 11.8 Å². The number of hydrogen-bond acceptors (Lipinski definition) is 2. The Kier molecular flexibility index (Phi) is 3.71. The van der Waals surface area contributed by atoms with Gasteiger partial charge < -0.3 is 14.8 Å². The largest absolute Gasteiger partial charge is 0.350 e. The molecule has 0 spiro atoms. The zero-order valence-corrected chi connectivity index (χ0v) is 12.7. The van der Waals surface area contributed by atoms with Crippen LogP contribution in [0.2, 0.25) is 0 Å². The van der Waals surface area contributed by atoms with Crippen LogP contribution in [-0.4, -0.2) is 34.4 Å². The monoisotopic (exact) mass is 297 g/mol. The minimum absolute atomic E-state index is 0.119. The van der Waals surface area contributed by atoms with Crippen LogP contribution in [-0.2, 0) is 17.9 Å². The van der Waals surface area contributed by atoms with Crippen molar-refractivity contribution in [2.75, 3.05) is 7.05 Å². The molecule has 1 N–H and O–H groups in total. The number of aromatic nitrogens is 1. The average Bonchev–Trinajstić information content (AvgIpc) is 2.97. The van der Waals surface area contributed by atoms with Crippen LogP contribution < -0.4 is 5.32 Å². The summed E-state index contributed by atoms with van der Waals surface area (Å²) in [7, 11) is 1.68. The van der Waals surface area contributed by atoms with Gasteiger partial charge >= 0.3 is 0 Å². The lowest BCUT2D eigenvalue weighted by Gasteiger charge is -2.32. The highest BCUT2D eigenvalue weighted by Crippen LogP contribution is 2.17. The van der Waals surface area contributed by atoms with Crippen LogP contribution in [0, 0.1) is 6.92 Å². The third-order valence-electron chi connectivity index (χ3n) is 4.06. The normalized spacial score (nSPS) is 17.3. The van der Waals surface area contributed by atoms with Gasteiger partial charge in [-0.1, -0.05) is 29.8 Å². The maximum Gasteiger partial charge on any atom is 0.270 e. The highest BCUT2D eigenvalue weighted by Gasteiger charge is 2.33. The molecule has 22 heavy (non-hydrogen) atoms. The second-order valence-corrected chi connectivity index (χ2v) is 5.68. The number of rotatable bonds is 3. The second-order valence-electron chi connectivity index (χ2n) is 5.68. The van der Waals surface area contributed by atoms with Crippen LogP contribution in [0.25, 0.3) is 0 Å². The Morgan fingerprint density at radius 3 is 2.91 bits per heavy atom. The Morgan fingerprint density at radius 1 is 1.32 bits per heavy atom. The molecule has 0 aliphatic carbocycles. The lowest BCUT2D eigenvalue weighted by molar-refractivity contribution is -0.126. The Bertz CT molecular complexity index is 720. The van der Waals surface area contributed by atoms with Gasteiger partial charge in [-0.3, -0.25) is 9.59 Å². The number of amides is 2. The topological polar surface area (TPSA) is 54.3 Å². The zero-order chi connectivity index (χ0) is 15.7. The SMILES string of the molecule is Cc1cccc(CNC(=O)C2Cn3cccc3C(=O)N2C)c1. The van der Waals surface area contributed by atoms with Crippen LogP contribution in [0.1, 0.15) is 21.6 Å². The van der Waals surface area contributed by atoms with Crippen molar-refractivity contribution < 1.29 is 9.59 Å². The highest BCUT2D eigenvalue weighted by molar-refractivity contribution is 5.97. The number of carbonyl (C=O) groups is 2. The number of likely N-dealkylation sites (N-methyl/N-ethyl adjacent to an activating group) is 1. The van der Waals surface area contributed by atoms with E-state index < -0.39 is 6.04 Å². The van der Waals surface area contributed by atoms with Gasteiger partial charge in [0.2, 0.25) is 5.91 Å². The molecule has 5 heteroatoms. The molecule has 114 valence electrons. The Labute approximate surface area is 129 Å². The number of aryl methyl sites for hydroxylation is 1. The van der Waals surface area contributed by atoms with Gasteiger partial charge in [-0.2, -0.15) is 0 Å². The molecule has 1 aliphatic rings. The van der Waals surface area contributed by atoms with Crippen molar-refractivity contribution in [2.45, 2.75) is 26.1 Å². The molecule has 0 saturated heterocycles. The van der Waals surface area contributed by atoms with Gasteiger partial charge in [0.25, 0.3) is 5.91 Å². The average molecular weight is 297 g/mol. The minimum atomic E-state index is -0.475. The summed E-state index contributed by atoms with van der Waals surface area (Å²) in [5.74, 6) is -0.247. The summed E-state index contributed by atoms with van der Waals surface area (Å²) in [6.07, 6.45) is 1.83. The molecule has 1 atom stereocenters. The molecule has 0 saturated carbocycles. The molecular formula is C17H19N3O2. The molecule has 5 nitrogen and oxygen atoms in total. The molecule has 1 aromatic carbocycles. The molecular weight excluding hydrogens is 278 g/mol. The van der Waals surface area contributed by atoms with Crippen LogP contribution >= 0.6 is 0 Å². The molecule has 0 bridgehead atoms. The fourth-order valence-corrected chi connectivity index (χ4v) is 2.79. The van der Waals surface area contributed by atoms with Gasteiger partial charge in [-0.15, -0.1) is 0 Å². The molecule has 1 aromatic heterocycles. The Balaban J connectivity index is 1.69. The standard InChI is InChI=1S/C17H19N3O2/c1-12-5-3-6-13(9-12)10-18-16(21)15-11-20-8-4-7-14(20)17(22)19(15)2/h3-9,15H,10-11H2,1-2H3,(H,18,21). The fraction of sp³-hybridized carbons (Fsp3) is 0.294. The van der Waals surface area contributed by atoms with E-state index in [4.69, 9.17) is 0 Å². The molecule has 2 amide bonds. The zero-order valence-electron chi connectivity index (χ0n) is 12.7. The molecule has 0 fully saturated rings. The molecule has 1 aliphatic heterocycles. The molecule has 2 aromatic rings. The number of benzene rings is 1. The van der Waals surface area contributed by atoms with Gasteiger partial charge in [-0.25, -0.2) is 0 Å². The summed E-state index contributed by atoms with van der Waals surface area (Å²) in [5, 5.41) is 2.92. The van der Waals surface area contributed by atoms with E-state index in [1.165, 1.54) is 4.90 Å². The van der Waals surface area contributed by atoms with Crippen LogP contribution in [0.4, 0.5) is 0 Å². The van der Waals surface area contributed by atoms with Crippen molar-refractivity contribution in [3.63, 3.8) is 0 Å². The summed E-state index contributed by atoms with van der Waals surface area (Å²) < 4.78 is 1.83. The molecule has 1 unspecified atom stereocenters. The Hall–Kier alpha value is -2.56. The fourth-order valence-electron chi connectivity index (χ4n) is 2.79. The van der Waals surface area contributed by atoms with Crippen molar-refractivity contribution in [3.8, 4) is 0 Å². The lowest BCUT2D eigenvalue weighted by Crippen LogP contribution is -2.53. The van der Waals surface area contributed by atoms with Crippen LogP contribution in [0.15, 0.2) is 42.6 Å². The maximum atomic E-state index is 12.4. The van der Waals surface area contributed by atoms with Crippen molar-refractivity contribution in [1.29, 1.82) is 0 Å². The molecule has 3 rings (SSSR count). The van der Waals surface area contributed by atoms with Crippen LogP contribution in [0.5, 0.6) is 0 Å². The quantitative estimate of drug-likeness (QED) is 0.935.